The van der Waals surface area contributed by atoms with Crippen molar-refractivity contribution in [1.82, 2.24) is 10.3 Å². The molecule has 0 aromatic carbocycles. The van der Waals surface area contributed by atoms with E-state index in [1.54, 1.807) is 24.5 Å². The normalized spacial score (nSPS) is 19.0. The molecule has 1 unspecified atom stereocenters. The lowest BCUT2D eigenvalue weighted by Crippen LogP contribution is -2.35. The van der Waals surface area contributed by atoms with Gasteiger partial charge in [0.2, 0.25) is 5.91 Å². The number of hydrogen-bond acceptors (Lipinski definition) is 6. The molecule has 4 N–H and O–H groups in total. The summed E-state index contributed by atoms with van der Waals surface area (Å²) in [5.74, 6) is -0.542. The van der Waals surface area contributed by atoms with Crippen molar-refractivity contribution < 1.29 is 9.59 Å². The average Bonchev–Trinajstić information content (AvgIpc) is 3.43. The average molecular weight is 492 g/mol. The third-order valence-corrected chi connectivity index (χ3v) is 8.77. The predicted molar refractivity (Wildman–Crippen MR) is 120 cm³/mol. The van der Waals surface area contributed by atoms with Gasteiger partial charge in [-0.15, -0.1) is 11.3 Å². The molecule has 4 rings (SSSR count). The SMILES string of the molecule is NC(=O)[C@H](CC1=C(Br)S2=NCC(NC(=O)c3cccs3)=C2C1)Nc1cccnc1. The van der Waals surface area contributed by atoms with Gasteiger partial charge in [0.25, 0.3) is 5.91 Å². The molecular weight excluding hydrogens is 474 g/mol. The van der Waals surface area contributed by atoms with E-state index in [-0.39, 0.29) is 5.91 Å². The first kappa shape index (κ1) is 20.0. The van der Waals surface area contributed by atoms with Crippen LogP contribution in [0.15, 0.2) is 66.4 Å². The summed E-state index contributed by atoms with van der Waals surface area (Å²) in [6.07, 6.45) is 4.44. The van der Waals surface area contributed by atoms with Gasteiger partial charge in [-0.25, -0.2) is 4.36 Å². The van der Waals surface area contributed by atoms with E-state index in [4.69, 9.17) is 5.73 Å². The maximum Gasteiger partial charge on any atom is 0.265 e. The van der Waals surface area contributed by atoms with E-state index in [1.165, 1.54) is 11.3 Å². The van der Waals surface area contributed by atoms with Crippen LogP contribution < -0.4 is 16.4 Å². The van der Waals surface area contributed by atoms with Gasteiger partial charge in [-0.3, -0.25) is 14.6 Å². The van der Waals surface area contributed by atoms with Crippen LogP contribution in [-0.4, -0.2) is 29.4 Å². The monoisotopic (exact) mass is 491 g/mol. The summed E-state index contributed by atoms with van der Waals surface area (Å²) in [6.45, 7) is 0.491. The number of allylic oxidation sites excluding steroid dienone is 1. The quantitative estimate of drug-likeness (QED) is 0.551. The van der Waals surface area contributed by atoms with Crippen molar-refractivity contribution in [2.75, 3.05) is 11.9 Å². The van der Waals surface area contributed by atoms with Crippen molar-refractivity contribution in [2.24, 2.45) is 10.1 Å². The van der Waals surface area contributed by atoms with Crippen LogP contribution >= 0.6 is 27.3 Å². The van der Waals surface area contributed by atoms with Crippen molar-refractivity contribution >= 4 is 55.5 Å². The number of carbonyl (C=O) groups is 2. The lowest BCUT2D eigenvalue weighted by Gasteiger charge is -2.17. The Labute approximate surface area is 182 Å². The predicted octanol–water partition coefficient (Wildman–Crippen LogP) is 3.27. The van der Waals surface area contributed by atoms with Gasteiger partial charge in [-0.05, 0) is 62.2 Å². The highest BCUT2D eigenvalue weighted by atomic mass is 79.9. The maximum atomic E-state index is 12.4. The third-order valence-electron chi connectivity index (χ3n) is 4.55. The van der Waals surface area contributed by atoms with Gasteiger partial charge in [-0.2, -0.15) is 0 Å². The molecule has 2 aromatic rings. The molecule has 2 aliphatic rings. The van der Waals surface area contributed by atoms with Gasteiger partial charge in [0, 0.05) is 23.7 Å². The van der Waals surface area contributed by atoms with Crippen LogP contribution in [0.5, 0.6) is 0 Å². The number of anilines is 1. The van der Waals surface area contributed by atoms with Gasteiger partial charge in [0.05, 0.1) is 26.6 Å². The van der Waals surface area contributed by atoms with Crippen LogP contribution in [0.4, 0.5) is 5.69 Å². The number of halogens is 1. The van der Waals surface area contributed by atoms with Crippen LogP contribution in [0.2, 0.25) is 0 Å². The minimum Gasteiger partial charge on any atom is -0.372 e. The Morgan fingerprint density at radius 3 is 2.90 bits per heavy atom. The number of amides is 2. The first-order valence-electron chi connectivity index (χ1n) is 8.85. The summed E-state index contributed by atoms with van der Waals surface area (Å²) in [5.41, 5.74) is 8.28. The molecule has 2 aromatic heterocycles. The molecule has 10 heteroatoms. The molecule has 0 saturated carbocycles. The van der Waals surface area contributed by atoms with Gasteiger partial charge in [-0.1, -0.05) is 6.07 Å². The van der Waals surface area contributed by atoms with E-state index >= 15 is 0 Å². The summed E-state index contributed by atoms with van der Waals surface area (Å²) < 4.78 is 5.65. The number of rotatable bonds is 7. The second-order valence-electron chi connectivity index (χ2n) is 6.50. The molecule has 0 bridgehead atoms. The first-order valence-corrected chi connectivity index (χ1v) is 11.7. The maximum absolute atomic E-state index is 12.4. The molecule has 29 heavy (non-hydrogen) atoms. The minimum absolute atomic E-state index is 0.110. The van der Waals surface area contributed by atoms with Crippen molar-refractivity contribution in [2.45, 2.75) is 18.9 Å². The topological polar surface area (TPSA) is 109 Å². The van der Waals surface area contributed by atoms with E-state index in [0.29, 0.717) is 24.3 Å². The molecule has 2 amide bonds. The van der Waals surface area contributed by atoms with Crippen molar-refractivity contribution in [3.8, 4) is 0 Å². The zero-order valence-corrected chi connectivity index (χ0v) is 18.4. The Bertz CT molecular complexity index is 1050. The zero-order chi connectivity index (χ0) is 20.4. The van der Waals surface area contributed by atoms with Crippen LogP contribution in [-0.2, 0) is 15.5 Å². The molecule has 7 nitrogen and oxygen atoms in total. The number of nitrogens with two attached hydrogens (primary N) is 1. The second kappa shape index (κ2) is 8.60. The van der Waals surface area contributed by atoms with Crippen LogP contribution in [0.3, 0.4) is 0 Å². The Morgan fingerprint density at radius 2 is 2.21 bits per heavy atom. The number of nitrogens with zero attached hydrogens (tertiary/aromatic N) is 2. The Balaban J connectivity index is 1.49. The number of pyridine rings is 1. The fourth-order valence-corrected chi connectivity index (χ4v) is 6.79. The molecule has 2 aliphatic heterocycles. The van der Waals surface area contributed by atoms with Crippen molar-refractivity contribution in [3.05, 3.63) is 66.9 Å². The molecule has 4 heterocycles. The number of fused-ring (bicyclic) bond motifs is 1. The van der Waals surface area contributed by atoms with E-state index in [0.717, 1.165) is 25.7 Å². The Hall–Kier alpha value is -2.30. The van der Waals surface area contributed by atoms with Gasteiger partial charge >= 0.3 is 0 Å². The van der Waals surface area contributed by atoms with Gasteiger partial charge in [0.1, 0.15) is 6.04 Å². The lowest BCUT2D eigenvalue weighted by atomic mass is 10.0. The highest BCUT2D eigenvalue weighted by Gasteiger charge is 2.32. The van der Waals surface area contributed by atoms with Crippen molar-refractivity contribution in [1.29, 1.82) is 0 Å². The third kappa shape index (κ3) is 4.34. The number of hydrogen-bond donors (Lipinski definition) is 3. The fourth-order valence-electron chi connectivity index (χ4n) is 3.14. The number of primary amides is 1. The molecular formula is C19H18BrN5O2S2. The summed E-state index contributed by atoms with van der Waals surface area (Å²) in [7, 11) is -0.415. The summed E-state index contributed by atoms with van der Waals surface area (Å²) in [6, 6.07) is 6.73. The summed E-state index contributed by atoms with van der Waals surface area (Å²) in [4.78, 5) is 30.2. The fraction of sp³-hybridized carbons (Fsp3) is 0.211. The zero-order valence-electron chi connectivity index (χ0n) is 15.2. The van der Waals surface area contributed by atoms with Crippen LogP contribution in [0, 0.1) is 0 Å². The molecule has 2 atom stereocenters. The minimum atomic E-state index is -0.560. The Kier molecular flexibility index (Phi) is 5.93. The van der Waals surface area contributed by atoms with Crippen molar-refractivity contribution in [3.63, 3.8) is 0 Å². The Morgan fingerprint density at radius 1 is 1.34 bits per heavy atom. The second-order valence-corrected chi connectivity index (χ2v) is 10.5. The highest BCUT2D eigenvalue weighted by Crippen LogP contribution is 2.43. The molecule has 0 radical (unpaired) electrons. The smallest absolute Gasteiger partial charge is 0.265 e. The number of aromatic nitrogens is 1. The standard InChI is InChI=1S/C19H18BrN5O2S2/c20-17-11(7-13(18(21)26)24-12-3-1-5-22-9-12)8-16-14(10-23-29(16)17)25-19(27)15-4-2-6-28-15/h1-6,9,13,24H,7-8,10H2,(H2,21,26)(H,25,27)/t13-,29?/m0/s1. The molecule has 0 fully saturated rings. The number of nitrogens with one attached hydrogen (secondary N) is 2. The van der Waals surface area contributed by atoms with Crippen LogP contribution in [0.25, 0.3) is 0 Å². The number of thiophene rings is 1. The summed E-state index contributed by atoms with van der Waals surface area (Å²) in [5, 5.41) is 8.04. The molecule has 150 valence electrons. The lowest BCUT2D eigenvalue weighted by molar-refractivity contribution is -0.118. The van der Waals surface area contributed by atoms with Gasteiger partial charge < -0.3 is 16.4 Å². The van der Waals surface area contributed by atoms with Crippen LogP contribution in [0.1, 0.15) is 22.5 Å². The van der Waals surface area contributed by atoms with E-state index < -0.39 is 22.6 Å². The largest absolute Gasteiger partial charge is 0.372 e. The number of carbonyl (C=O) groups excluding carboxylic acids is 2. The highest BCUT2D eigenvalue weighted by molar-refractivity contribution is 9.13. The van der Waals surface area contributed by atoms with E-state index in [2.05, 4.69) is 35.9 Å². The molecule has 0 spiro atoms. The molecule has 0 aliphatic carbocycles. The first-order chi connectivity index (χ1) is 14.0. The summed E-state index contributed by atoms with van der Waals surface area (Å²) >= 11 is 5.07. The van der Waals surface area contributed by atoms with E-state index in [1.807, 2.05) is 17.5 Å². The van der Waals surface area contributed by atoms with Gasteiger partial charge in [0.15, 0.2) is 0 Å². The van der Waals surface area contributed by atoms with E-state index in [9.17, 15) is 9.59 Å². The molecule has 0 saturated heterocycles.